The van der Waals surface area contributed by atoms with Crippen molar-refractivity contribution in [2.75, 3.05) is 20.1 Å². The fourth-order valence-corrected chi connectivity index (χ4v) is 4.77. The fourth-order valence-electron chi connectivity index (χ4n) is 4.77. The highest BCUT2D eigenvalue weighted by molar-refractivity contribution is 4.95. The maximum absolute atomic E-state index is 6.30. The zero-order chi connectivity index (χ0) is 15.5. The van der Waals surface area contributed by atoms with Crippen LogP contribution in [-0.2, 0) is 0 Å². The Balaban J connectivity index is 1.99. The summed E-state index contributed by atoms with van der Waals surface area (Å²) < 4.78 is 0. The lowest BCUT2D eigenvalue weighted by atomic mass is 9.76. The van der Waals surface area contributed by atoms with Gasteiger partial charge in [0.05, 0.1) is 0 Å². The van der Waals surface area contributed by atoms with Gasteiger partial charge in [0, 0.05) is 18.6 Å². The molecule has 2 saturated carbocycles. The summed E-state index contributed by atoms with van der Waals surface area (Å²) in [4.78, 5) is 2.66. The summed E-state index contributed by atoms with van der Waals surface area (Å²) in [6.45, 7) is 9.35. The van der Waals surface area contributed by atoms with E-state index in [1.807, 2.05) is 0 Å². The third kappa shape index (κ3) is 4.22. The average Bonchev–Trinajstić information content (AvgIpc) is 2.81. The lowest BCUT2D eigenvalue weighted by Gasteiger charge is -2.42. The number of rotatable bonds is 4. The van der Waals surface area contributed by atoms with Crippen molar-refractivity contribution >= 4 is 0 Å². The molecule has 0 heterocycles. The minimum atomic E-state index is 0.280. The van der Waals surface area contributed by atoms with Crippen molar-refractivity contribution in [2.45, 2.75) is 84.1 Å². The van der Waals surface area contributed by atoms with E-state index in [2.05, 4.69) is 32.7 Å². The summed E-state index contributed by atoms with van der Waals surface area (Å²) in [6.07, 6.45) is 12.5. The van der Waals surface area contributed by atoms with Crippen molar-refractivity contribution < 1.29 is 0 Å². The van der Waals surface area contributed by atoms with Gasteiger partial charge in [0.15, 0.2) is 0 Å². The third-order valence-corrected chi connectivity index (χ3v) is 6.57. The van der Waals surface area contributed by atoms with Gasteiger partial charge in [-0.3, -0.25) is 4.90 Å². The molecule has 0 aromatic carbocycles. The molecule has 0 aromatic rings. The molecule has 124 valence electrons. The largest absolute Gasteiger partial charge is 0.329 e. The number of nitrogens with zero attached hydrogens (tertiary/aromatic N) is 1. The van der Waals surface area contributed by atoms with Crippen LogP contribution in [0.15, 0.2) is 0 Å². The van der Waals surface area contributed by atoms with Crippen molar-refractivity contribution in [1.82, 2.24) is 4.90 Å². The van der Waals surface area contributed by atoms with Gasteiger partial charge in [0.1, 0.15) is 0 Å². The van der Waals surface area contributed by atoms with Crippen molar-refractivity contribution in [3.63, 3.8) is 0 Å². The van der Waals surface area contributed by atoms with Crippen molar-refractivity contribution in [3.05, 3.63) is 0 Å². The van der Waals surface area contributed by atoms with Crippen molar-refractivity contribution in [3.8, 4) is 0 Å². The van der Waals surface area contributed by atoms with Gasteiger partial charge in [-0.15, -0.1) is 0 Å². The van der Waals surface area contributed by atoms with Crippen LogP contribution in [0, 0.1) is 17.3 Å². The van der Waals surface area contributed by atoms with E-state index in [0.717, 1.165) is 18.4 Å². The second-order valence-electron chi connectivity index (χ2n) is 8.95. The molecule has 2 atom stereocenters. The van der Waals surface area contributed by atoms with Crippen LogP contribution in [0.5, 0.6) is 0 Å². The quantitative estimate of drug-likeness (QED) is 0.777. The van der Waals surface area contributed by atoms with Crippen molar-refractivity contribution in [1.29, 1.82) is 0 Å². The molecule has 0 bridgehead atoms. The SMILES string of the molecule is CN(CC1CCCC1)C1(CN)CCCC(C(C)(C)C)CC1. The van der Waals surface area contributed by atoms with E-state index in [9.17, 15) is 0 Å². The maximum Gasteiger partial charge on any atom is 0.0328 e. The first-order chi connectivity index (χ1) is 9.87. The van der Waals surface area contributed by atoms with Gasteiger partial charge < -0.3 is 5.73 Å². The molecular weight excluding hydrogens is 256 g/mol. The Bertz CT molecular complexity index is 314. The molecular formula is C19H38N2. The summed E-state index contributed by atoms with van der Waals surface area (Å²) in [5.41, 5.74) is 7.03. The van der Waals surface area contributed by atoms with Gasteiger partial charge in [-0.2, -0.15) is 0 Å². The van der Waals surface area contributed by atoms with E-state index in [-0.39, 0.29) is 5.54 Å². The zero-order valence-electron chi connectivity index (χ0n) is 15.0. The Kier molecular flexibility index (Phi) is 5.76. The molecule has 0 spiro atoms. The van der Waals surface area contributed by atoms with E-state index < -0.39 is 0 Å². The zero-order valence-corrected chi connectivity index (χ0v) is 15.0. The van der Waals surface area contributed by atoms with Crippen LogP contribution in [0.25, 0.3) is 0 Å². The van der Waals surface area contributed by atoms with E-state index in [1.165, 1.54) is 64.3 Å². The molecule has 2 fully saturated rings. The molecule has 0 aromatic heterocycles. The molecule has 2 rings (SSSR count). The molecule has 2 nitrogen and oxygen atoms in total. The first kappa shape index (κ1) is 17.3. The molecule has 0 aliphatic heterocycles. The Labute approximate surface area is 132 Å². The van der Waals surface area contributed by atoms with Crippen LogP contribution in [0.2, 0.25) is 0 Å². The third-order valence-electron chi connectivity index (χ3n) is 6.57. The molecule has 2 heteroatoms. The molecule has 2 aliphatic rings. The molecule has 0 saturated heterocycles. The number of nitrogens with two attached hydrogens (primary N) is 1. The average molecular weight is 295 g/mol. The van der Waals surface area contributed by atoms with Gasteiger partial charge in [-0.1, -0.05) is 40.0 Å². The predicted octanol–water partition coefficient (Wildman–Crippen LogP) is 4.43. The molecule has 2 N–H and O–H groups in total. The second kappa shape index (κ2) is 7.00. The van der Waals surface area contributed by atoms with Crippen LogP contribution in [-0.4, -0.2) is 30.6 Å². The summed E-state index contributed by atoms with van der Waals surface area (Å²) in [5.74, 6) is 1.80. The van der Waals surface area contributed by atoms with Crippen LogP contribution < -0.4 is 5.73 Å². The number of likely N-dealkylation sites (N-methyl/N-ethyl adjacent to an activating group) is 1. The van der Waals surface area contributed by atoms with Gasteiger partial charge in [0.2, 0.25) is 0 Å². The standard InChI is InChI=1S/C19H38N2/c1-18(2,3)17-10-7-12-19(15-20,13-11-17)21(4)14-16-8-5-6-9-16/h16-17H,5-15,20H2,1-4H3. The van der Waals surface area contributed by atoms with E-state index in [1.54, 1.807) is 0 Å². The summed E-state index contributed by atoms with van der Waals surface area (Å²) in [7, 11) is 2.35. The van der Waals surface area contributed by atoms with Crippen LogP contribution in [0.4, 0.5) is 0 Å². The highest BCUT2D eigenvalue weighted by Gasteiger charge is 2.38. The second-order valence-corrected chi connectivity index (χ2v) is 8.95. The smallest absolute Gasteiger partial charge is 0.0328 e. The highest BCUT2D eigenvalue weighted by atomic mass is 15.2. The molecule has 0 amide bonds. The van der Waals surface area contributed by atoms with E-state index >= 15 is 0 Å². The minimum absolute atomic E-state index is 0.280. The summed E-state index contributed by atoms with van der Waals surface area (Å²) >= 11 is 0. The summed E-state index contributed by atoms with van der Waals surface area (Å²) in [5, 5.41) is 0. The first-order valence-electron chi connectivity index (χ1n) is 9.29. The van der Waals surface area contributed by atoms with Gasteiger partial charge in [-0.05, 0) is 62.8 Å². The first-order valence-corrected chi connectivity index (χ1v) is 9.29. The molecule has 21 heavy (non-hydrogen) atoms. The molecule has 0 radical (unpaired) electrons. The van der Waals surface area contributed by atoms with E-state index in [4.69, 9.17) is 5.73 Å². The Hall–Kier alpha value is -0.0800. The fraction of sp³-hybridized carbons (Fsp3) is 1.00. The van der Waals surface area contributed by atoms with Crippen LogP contribution in [0.1, 0.15) is 78.6 Å². The lowest BCUT2D eigenvalue weighted by molar-refractivity contribution is 0.0860. The predicted molar refractivity (Wildman–Crippen MR) is 92.4 cm³/mol. The Morgan fingerprint density at radius 3 is 2.24 bits per heavy atom. The lowest BCUT2D eigenvalue weighted by Crippen LogP contribution is -2.53. The van der Waals surface area contributed by atoms with Gasteiger partial charge >= 0.3 is 0 Å². The topological polar surface area (TPSA) is 29.3 Å². The number of hydrogen-bond acceptors (Lipinski definition) is 2. The van der Waals surface area contributed by atoms with Gasteiger partial charge in [0.25, 0.3) is 0 Å². The van der Waals surface area contributed by atoms with Crippen LogP contribution in [0.3, 0.4) is 0 Å². The van der Waals surface area contributed by atoms with Gasteiger partial charge in [-0.25, -0.2) is 0 Å². The monoisotopic (exact) mass is 294 g/mol. The minimum Gasteiger partial charge on any atom is -0.329 e. The molecule has 2 unspecified atom stereocenters. The number of hydrogen-bond donors (Lipinski definition) is 1. The van der Waals surface area contributed by atoms with E-state index in [0.29, 0.717) is 5.41 Å². The normalized spacial score (nSPS) is 32.6. The van der Waals surface area contributed by atoms with Crippen molar-refractivity contribution in [2.24, 2.45) is 23.0 Å². The van der Waals surface area contributed by atoms with Crippen LogP contribution >= 0.6 is 0 Å². The Morgan fingerprint density at radius 2 is 1.67 bits per heavy atom. The highest BCUT2D eigenvalue weighted by Crippen LogP contribution is 2.41. The molecule has 2 aliphatic carbocycles. The maximum atomic E-state index is 6.30. The summed E-state index contributed by atoms with van der Waals surface area (Å²) in [6, 6.07) is 0. The Morgan fingerprint density at radius 1 is 1.00 bits per heavy atom.